The zero-order valence-corrected chi connectivity index (χ0v) is 17.1. The SMILES string of the molecule is CN(CCCNC(=O)c1oc2ccccc2c1CS(C)(=O)=O)c1ccccc1F. The number of carbonyl (C=O) groups excluding carboxylic acids is 1. The first-order valence-electron chi connectivity index (χ1n) is 9.18. The van der Waals surface area contributed by atoms with Gasteiger partial charge in [0.25, 0.3) is 5.91 Å². The Balaban J connectivity index is 1.66. The van der Waals surface area contributed by atoms with Crippen molar-refractivity contribution in [2.24, 2.45) is 0 Å². The second-order valence-corrected chi connectivity index (χ2v) is 9.10. The van der Waals surface area contributed by atoms with Crippen molar-refractivity contribution >= 4 is 32.4 Å². The van der Waals surface area contributed by atoms with Gasteiger partial charge in [-0.3, -0.25) is 4.79 Å². The average Bonchev–Trinajstić information content (AvgIpc) is 3.02. The third-order valence-corrected chi connectivity index (χ3v) is 5.34. The third-order valence-electron chi connectivity index (χ3n) is 4.53. The van der Waals surface area contributed by atoms with Crippen LogP contribution >= 0.6 is 0 Å². The molecular weight excluding hydrogens is 395 g/mol. The molecule has 0 saturated heterocycles. The van der Waals surface area contributed by atoms with Gasteiger partial charge in [0.05, 0.1) is 11.4 Å². The number of halogens is 1. The van der Waals surface area contributed by atoms with Crippen molar-refractivity contribution in [1.82, 2.24) is 5.32 Å². The van der Waals surface area contributed by atoms with Gasteiger partial charge in [0.15, 0.2) is 15.6 Å². The molecule has 2 aromatic carbocycles. The van der Waals surface area contributed by atoms with Crippen LogP contribution in [0.2, 0.25) is 0 Å². The van der Waals surface area contributed by atoms with Crippen LogP contribution in [0.4, 0.5) is 10.1 Å². The molecule has 0 saturated carbocycles. The number of furan rings is 1. The summed E-state index contributed by atoms with van der Waals surface area (Å²) < 4.78 is 43.1. The van der Waals surface area contributed by atoms with Gasteiger partial charge in [-0.05, 0) is 24.6 Å². The number of hydrogen-bond acceptors (Lipinski definition) is 5. The van der Waals surface area contributed by atoms with Crippen LogP contribution in [0, 0.1) is 5.82 Å². The fourth-order valence-corrected chi connectivity index (χ4v) is 3.98. The molecule has 1 N–H and O–H groups in total. The Kier molecular flexibility index (Phi) is 6.22. The summed E-state index contributed by atoms with van der Waals surface area (Å²) in [5.41, 5.74) is 1.33. The molecule has 1 amide bonds. The Morgan fingerprint density at radius 1 is 1.14 bits per heavy atom. The Morgan fingerprint density at radius 3 is 2.55 bits per heavy atom. The first-order chi connectivity index (χ1) is 13.8. The summed E-state index contributed by atoms with van der Waals surface area (Å²) in [7, 11) is -1.57. The van der Waals surface area contributed by atoms with E-state index in [9.17, 15) is 17.6 Å². The number of fused-ring (bicyclic) bond motifs is 1. The maximum Gasteiger partial charge on any atom is 0.287 e. The minimum atomic E-state index is -3.35. The molecule has 0 aliphatic heterocycles. The van der Waals surface area contributed by atoms with E-state index >= 15 is 0 Å². The van der Waals surface area contributed by atoms with Crippen LogP contribution in [0.1, 0.15) is 22.5 Å². The molecule has 0 radical (unpaired) electrons. The number of anilines is 1. The molecule has 0 bridgehead atoms. The minimum Gasteiger partial charge on any atom is -0.451 e. The first-order valence-corrected chi connectivity index (χ1v) is 11.2. The zero-order valence-electron chi connectivity index (χ0n) is 16.3. The number of rotatable bonds is 8. The van der Waals surface area contributed by atoms with Crippen LogP contribution in [-0.2, 0) is 15.6 Å². The Hall–Kier alpha value is -2.87. The summed E-state index contributed by atoms with van der Waals surface area (Å²) in [6.45, 7) is 0.879. The van der Waals surface area contributed by atoms with Crippen molar-refractivity contribution < 1.29 is 22.0 Å². The second-order valence-electron chi connectivity index (χ2n) is 6.96. The highest BCUT2D eigenvalue weighted by molar-refractivity contribution is 7.89. The smallest absolute Gasteiger partial charge is 0.287 e. The van der Waals surface area contributed by atoms with Gasteiger partial charge in [0.1, 0.15) is 11.4 Å². The summed E-state index contributed by atoms with van der Waals surface area (Å²) in [6, 6.07) is 13.5. The molecule has 29 heavy (non-hydrogen) atoms. The van der Waals surface area contributed by atoms with E-state index in [2.05, 4.69) is 5.32 Å². The van der Waals surface area contributed by atoms with Crippen molar-refractivity contribution in [3.8, 4) is 0 Å². The standard InChI is InChI=1S/C21H23FN2O4S/c1-24(18-10-5-4-9-17(18)22)13-7-12-23-21(25)20-16(14-29(2,26)27)15-8-3-6-11-19(15)28-20/h3-6,8-11H,7,12-14H2,1-2H3,(H,23,25). The number of nitrogens with zero attached hydrogens (tertiary/aromatic N) is 1. The van der Waals surface area contributed by atoms with Crippen molar-refractivity contribution in [2.75, 3.05) is 31.3 Å². The normalized spacial score (nSPS) is 11.6. The highest BCUT2D eigenvalue weighted by Gasteiger charge is 2.23. The maximum absolute atomic E-state index is 13.8. The first kappa shape index (κ1) is 20.9. The number of nitrogens with one attached hydrogen (secondary N) is 1. The van der Waals surface area contributed by atoms with E-state index in [0.717, 1.165) is 6.26 Å². The van der Waals surface area contributed by atoms with E-state index in [1.54, 1.807) is 54.4 Å². The lowest BCUT2D eigenvalue weighted by Crippen LogP contribution is -2.29. The molecular formula is C21H23FN2O4S. The Bertz CT molecular complexity index is 1120. The highest BCUT2D eigenvalue weighted by Crippen LogP contribution is 2.27. The lowest BCUT2D eigenvalue weighted by Gasteiger charge is -2.19. The number of benzene rings is 2. The van der Waals surface area contributed by atoms with E-state index in [4.69, 9.17) is 4.42 Å². The van der Waals surface area contributed by atoms with E-state index < -0.39 is 15.7 Å². The molecule has 6 nitrogen and oxygen atoms in total. The second kappa shape index (κ2) is 8.65. The quantitative estimate of drug-likeness (QED) is 0.568. The summed E-state index contributed by atoms with van der Waals surface area (Å²) in [4.78, 5) is 14.4. The average molecular weight is 418 g/mol. The monoisotopic (exact) mass is 418 g/mol. The zero-order chi connectivity index (χ0) is 21.0. The summed E-state index contributed by atoms with van der Waals surface area (Å²) in [5.74, 6) is -1.03. The van der Waals surface area contributed by atoms with Gasteiger partial charge in [0.2, 0.25) is 0 Å². The van der Waals surface area contributed by atoms with Gasteiger partial charge in [0, 0.05) is 37.3 Å². The number of carbonyl (C=O) groups is 1. The molecule has 0 spiro atoms. The molecule has 0 atom stereocenters. The van der Waals surface area contributed by atoms with Gasteiger partial charge in [-0.1, -0.05) is 30.3 Å². The molecule has 0 fully saturated rings. The summed E-state index contributed by atoms with van der Waals surface area (Å²) in [6.07, 6.45) is 1.70. The fourth-order valence-electron chi connectivity index (χ4n) is 3.17. The predicted molar refractivity (Wildman–Crippen MR) is 111 cm³/mol. The topological polar surface area (TPSA) is 79.6 Å². The van der Waals surface area contributed by atoms with Crippen LogP contribution < -0.4 is 10.2 Å². The van der Waals surface area contributed by atoms with Crippen LogP contribution in [0.3, 0.4) is 0 Å². The minimum absolute atomic E-state index is 0.0130. The van der Waals surface area contributed by atoms with E-state index in [1.807, 2.05) is 0 Å². The Labute approximate surface area is 169 Å². The van der Waals surface area contributed by atoms with Gasteiger partial charge in [-0.15, -0.1) is 0 Å². The van der Waals surface area contributed by atoms with Gasteiger partial charge in [-0.2, -0.15) is 0 Å². The lowest BCUT2D eigenvalue weighted by atomic mass is 10.1. The number of hydrogen-bond donors (Lipinski definition) is 1. The molecule has 3 rings (SSSR count). The highest BCUT2D eigenvalue weighted by atomic mass is 32.2. The van der Waals surface area contributed by atoms with E-state index in [0.29, 0.717) is 41.7 Å². The van der Waals surface area contributed by atoms with Crippen molar-refractivity contribution in [1.29, 1.82) is 0 Å². The number of amides is 1. The van der Waals surface area contributed by atoms with Crippen LogP contribution in [0.25, 0.3) is 11.0 Å². The molecule has 0 unspecified atom stereocenters. The predicted octanol–water partition coefficient (Wildman–Crippen LogP) is 3.37. The van der Waals surface area contributed by atoms with Gasteiger partial charge in [-0.25, -0.2) is 12.8 Å². The largest absolute Gasteiger partial charge is 0.451 e. The van der Waals surface area contributed by atoms with Gasteiger partial charge < -0.3 is 14.6 Å². The molecule has 1 aromatic heterocycles. The number of para-hydroxylation sites is 2. The third kappa shape index (κ3) is 5.14. The molecule has 154 valence electrons. The summed E-state index contributed by atoms with van der Waals surface area (Å²) in [5, 5.41) is 3.37. The molecule has 3 aromatic rings. The van der Waals surface area contributed by atoms with E-state index in [1.165, 1.54) is 6.07 Å². The molecule has 8 heteroatoms. The summed E-state index contributed by atoms with van der Waals surface area (Å²) >= 11 is 0. The molecule has 0 aliphatic carbocycles. The lowest BCUT2D eigenvalue weighted by molar-refractivity contribution is 0.0927. The van der Waals surface area contributed by atoms with Crippen molar-refractivity contribution in [2.45, 2.75) is 12.2 Å². The van der Waals surface area contributed by atoms with Crippen LogP contribution in [-0.4, -0.2) is 40.7 Å². The van der Waals surface area contributed by atoms with Crippen molar-refractivity contribution in [3.05, 3.63) is 65.7 Å². The van der Waals surface area contributed by atoms with Crippen molar-refractivity contribution in [3.63, 3.8) is 0 Å². The van der Waals surface area contributed by atoms with E-state index in [-0.39, 0.29) is 17.3 Å². The number of sulfone groups is 1. The Morgan fingerprint density at radius 2 is 1.83 bits per heavy atom. The molecule has 0 aliphatic rings. The molecule has 1 heterocycles. The van der Waals surface area contributed by atoms with Crippen LogP contribution in [0.15, 0.2) is 52.9 Å². The maximum atomic E-state index is 13.8. The fraction of sp³-hybridized carbons (Fsp3) is 0.286. The van der Waals surface area contributed by atoms with Gasteiger partial charge >= 0.3 is 0 Å². The van der Waals surface area contributed by atoms with Crippen LogP contribution in [0.5, 0.6) is 0 Å².